The van der Waals surface area contributed by atoms with Crippen LogP contribution in [0.5, 0.6) is 0 Å². The molecule has 0 aromatic heterocycles. The summed E-state index contributed by atoms with van der Waals surface area (Å²) >= 11 is 2.88. The Bertz CT molecular complexity index is 88.0. The topological polar surface area (TPSA) is 19.9 Å². The normalized spacial score (nSPS) is 11.9. The maximum absolute atomic E-state index is 10.2. The monoisotopic (exact) mass is 161 g/mol. The second kappa shape index (κ2) is 4.17. The van der Waals surface area contributed by atoms with Gasteiger partial charge in [-0.15, -0.1) is 0 Å². The SMILES string of the molecule is CC([O])CC#CBr. The van der Waals surface area contributed by atoms with Crippen molar-refractivity contribution in [2.45, 2.75) is 19.4 Å². The maximum atomic E-state index is 10.2. The Labute approximate surface area is 51.9 Å². The van der Waals surface area contributed by atoms with Crippen LogP contribution >= 0.6 is 15.9 Å². The van der Waals surface area contributed by atoms with E-state index in [1.807, 2.05) is 0 Å². The molecule has 0 aliphatic heterocycles. The third-order valence-electron chi connectivity index (χ3n) is 0.456. The number of hydrogen-bond donors (Lipinski definition) is 0. The van der Waals surface area contributed by atoms with Gasteiger partial charge in [-0.05, 0) is 11.8 Å². The van der Waals surface area contributed by atoms with Crippen molar-refractivity contribution >= 4 is 15.9 Å². The largest absolute Gasteiger partial charge is 0.232 e. The molecule has 0 saturated heterocycles. The van der Waals surface area contributed by atoms with Crippen molar-refractivity contribution in [3.63, 3.8) is 0 Å². The highest BCUT2D eigenvalue weighted by atomic mass is 79.9. The van der Waals surface area contributed by atoms with Gasteiger partial charge in [-0.1, -0.05) is 5.92 Å². The Balaban J connectivity index is 3.08. The van der Waals surface area contributed by atoms with Crippen LogP contribution in [0, 0.1) is 10.8 Å². The first-order valence-electron chi connectivity index (χ1n) is 2.01. The van der Waals surface area contributed by atoms with Crippen LogP contribution in [0.1, 0.15) is 13.3 Å². The lowest BCUT2D eigenvalue weighted by atomic mass is 10.3. The first-order valence-corrected chi connectivity index (χ1v) is 2.81. The van der Waals surface area contributed by atoms with Gasteiger partial charge in [-0.3, -0.25) is 0 Å². The van der Waals surface area contributed by atoms with Gasteiger partial charge in [-0.2, -0.15) is 0 Å². The lowest BCUT2D eigenvalue weighted by Crippen LogP contribution is -1.92. The second-order valence-corrected chi connectivity index (χ2v) is 1.68. The summed E-state index contributed by atoms with van der Waals surface area (Å²) in [5.74, 6) is 2.60. The minimum Gasteiger partial charge on any atom is -0.232 e. The fourth-order valence-electron chi connectivity index (χ4n) is 0.182. The van der Waals surface area contributed by atoms with Crippen molar-refractivity contribution in [3.8, 4) is 10.8 Å². The molecule has 1 atom stereocenters. The molecular formula is C5H6BrO. The number of hydrogen-bond acceptors (Lipinski definition) is 0. The van der Waals surface area contributed by atoms with E-state index in [0.717, 1.165) is 0 Å². The van der Waals surface area contributed by atoms with Gasteiger partial charge in [0, 0.05) is 22.4 Å². The second-order valence-electron chi connectivity index (χ2n) is 1.29. The number of halogens is 1. The minimum atomic E-state index is -0.551. The molecule has 0 rings (SSSR count). The summed E-state index contributed by atoms with van der Waals surface area (Å²) in [5, 5.41) is 10.2. The Morgan fingerprint density at radius 1 is 1.86 bits per heavy atom. The van der Waals surface area contributed by atoms with Crippen molar-refractivity contribution in [2.24, 2.45) is 0 Å². The van der Waals surface area contributed by atoms with Gasteiger partial charge in [0.05, 0.1) is 0 Å². The molecular weight excluding hydrogens is 156 g/mol. The molecule has 1 unspecified atom stereocenters. The van der Waals surface area contributed by atoms with Crippen molar-refractivity contribution < 1.29 is 5.11 Å². The summed E-state index contributed by atoms with van der Waals surface area (Å²) in [7, 11) is 0. The highest BCUT2D eigenvalue weighted by Crippen LogP contribution is 1.86. The van der Waals surface area contributed by atoms with Crippen LogP contribution in [0.15, 0.2) is 0 Å². The Kier molecular flexibility index (Phi) is 4.17. The minimum absolute atomic E-state index is 0.436. The highest BCUT2D eigenvalue weighted by molar-refractivity contribution is 9.12. The Morgan fingerprint density at radius 2 is 2.43 bits per heavy atom. The van der Waals surface area contributed by atoms with E-state index >= 15 is 0 Å². The van der Waals surface area contributed by atoms with Crippen LogP contribution < -0.4 is 0 Å². The Hall–Kier alpha value is 0. The van der Waals surface area contributed by atoms with Crippen molar-refractivity contribution in [3.05, 3.63) is 0 Å². The zero-order valence-corrected chi connectivity index (χ0v) is 5.66. The van der Waals surface area contributed by atoms with E-state index in [4.69, 9.17) is 0 Å². The van der Waals surface area contributed by atoms with Crippen LogP contribution in [0.25, 0.3) is 0 Å². The third kappa shape index (κ3) is 6.00. The lowest BCUT2D eigenvalue weighted by Gasteiger charge is -1.86. The smallest absolute Gasteiger partial charge is 0.101 e. The summed E-state index contributed by atoms with van der Waals surface area (Å²) in [5.41, 5.74) is 0. The first kappa shape index (κ1) is 7.00. The van der Waals surface area contributed by atoms with Crippen LogP contribution in [0.4, 0.5) is 0 Å². The predicted octanol–water partition coefficient (Wildman–Crippen LogP) is 1.55. The summed E-state index contributed by atoms with van der Waals surface area (Å²) in [6.07, 6.45) is -0.115. The molecule has 0 bridgehead atoms. The van der Waals surface area contributed by atoms with Gasteiger partial charge in [0.2, 0.25) is 0 Å². The molecule has 1 radical (unpaired) electrons. The molecule has 0 N–H and O–H groups in total. The molecule has 0 saturated carbocycles. The fourth-order valence-corrected chi connectivity index (χ4v) is 0.344. The van der Waals surface area contributed by atoms with E-state index < -0.39 is 6.10 Å². The van der Waals surface area contributed by atoms with E-state index in [-0.39, 0.29) is 0 Å². The summed E-state index contributed by atoms with van der Waals surface area (Å²) < 4.78 is 0. The molecule has 0 aromatic rings. The summed E-state index contributed by atoms with van der Waals surface area (Å²) in [6.45, 7) is 1.59. The molecule has 0 amide bonds. The zero-order valence-electron chi connectivity index (χ0n) is 4.07. The molecule has 0 spiro atoms. The van der Waals surface area contributed by atoms with Gasteiger partial charge in [-0.25, -0.2) is 5.11 Å². The first-order chi connectivity index (χ1) is 3.27. The van der Waals surface area contributed by atoms with Gasteiger partial charge >= 0.3 is 0 Å². The van der Waals surface area contributed by atoms with Gasteiger partial charge in [0.25, 0.3) is 0 Å². The zero-order chi connectivity index (χ0) is 5.70. The van der Waals surface area contributed by atoms with E-state index in [9.17, 15) is 5.11 Å². The molecule has 0 aromatic carbocycles. The molecule has 2 heteroatoms. The number of rotatable bonds is 1. The van der Waals surface area contributed by atoms with E-state index in [0.29, 0.717) is 6.42 Å². The van der Waals surface area contributed by atoms with Crippen LogP contribution in [0.2, 0.25) is 0 Å². The van der Waals surface area contributed by atoms with Gasteiger partial charge in [0.1, 0.15) is 6.10 Å². The van der Waals surface area contributed by atoms with Crippen LogP contribution in [0.3, 0.4) is 0 Å². The van der Waals surface area contributed by atoms with E-state index in [1.165, 1.54) is 0 Å². The predicted molar refractivity (Wildman–Crippen MR) is 31.5 cm³/mol. The highest BCUT2D eigenvalue weighted by Gasteiger charge is 1.89. The average molecular weight is 162 g/mol. The van der Waals surface area contributed by atoms with Gasteiger partial charge < -0.3 is 0 Å². The average Bonchev–Trinajstić information content (AvgIpc) is 1.61. The van der Waals surface area contributed by atoms with Crippen molar-refractivity contribution in [1.82, 2.24) is 0 Å². The Morgan fingerprint density at radius 3 is 2.57 bits per heavy atom. The third-order valence-corrected chi connectivity index (χ3v) is 0.737. The van der Waals surface area contributed by atoms with Crippen LogP contribution in [-0.2, 0) is 5.11 Å². The standard InChI is InChI=1S/C5H6BrO/c1-5(7)3-2-4-6/h5H,3H2,1H3. The van der Waals surface area contributed by atoms with E-state index in [2.05, 4.69) is 26.7 Å². The molecule has 39 valence electrons. The molecule has 1 nitrogen and oxygen atoms in total. The summed E-state index contributed by atoms with van der Waals surface area (Å²) in [6, 6.07) is 0. The van der Waals surface area contributed by atoms with E-state index in [1.54, 1.807) is 6.92 Å². The van der Waals surface area contributed by atoms with Crippen LogP contribution in [-0.4, -0.2) is 6.10 Å². The molecule has 0 aliphatic carbocycles. The van der Waals surface area contributed by atoms with Gasteiger partial charge in [0.15, 0.2) is 0 Å². The summed E-state index contributed by atoms with van der Waals surface area (Å²) in [4.78, 5) is 2.46. The molecule has 0 heterocycles. The van der Waals surface area contributed by atoms with Crippen molar-refractivity contribution in [1.29, 1.82) is 0 Å². The lowest BCUT2D eigenvalue weighted by molar-refractivity contribution is 0.110. The molecule has 0 fully saturated rings. The molecule has 7 heavy (non-hydrogen) atoms. The van der Waals surface area contributed by atoms with Crippen molar-refractivity contribution in [2.75, 3.05) is 0 Å². The maximum Gasteiger partial charge on any atom is 0.101 e. The molecule has 0 aliphatic rings. The fraction of sp³-hybridized carbons (Fsp3) is 0.600. The quantitative estimate of drug-likeness (QED) is 0.521.